The molecule has 4 aromatic rings. The minimum atomic E-state index is -0.774. The maximum absolute atomic E-state index is 13.1. The number of benzene rings is 2. The highest BCUT2D eigenvalue weighted by molar-refractivity contribution is 5.92. The molecule has 0 saturated heterocycles. The van der Waals surface area contributed by atoms with Gasteiger partial charge in [-0.3, -0.25) is 4.79 Å². The number of nitrogens with zero attached hydrogens (tertiary/aromatic N) is 3. The maximum Gasteiger partial charge on any atom is 0.437 e. The van der Waals surface area contributed by atoms with Crippen LogP contribution >= 0.6 is 0 Å². The molecule has 2 aromatic heterocycles. The Morgan fingerprint density at radius 1 is 1.03 bits per heavy atom. The molecule has 29 heavy (non-hydrogen) atoms. The summed E-state index contributed by atoms with van der Waals surface area (Å²) in [4.78, 5) is 26.6. The number of hydrogen-bond acceptors (Lipinski definition) is 5. The first-order chi connectivity index (χ1) is 14.1. The highest BCUT2D eigenvalue weighted by Crippen LogP contribution is 2.19. The molecule has 0 bridgehead atoms. The minimum absolute atomic E-state index is 0.0140. The summed E-state index contributed by atoms with van der Waals surface area (Å²) in [5.41, 5.74) is 1.09. The van der Waals surface area contributed by atoms with Crippen molar-refractivity contribution < 1.29 is 18.0 Å². The zero-order valence-electron chi connectivity index (χ0n) is 15.2. The van der Waals surface area contributed by atoms with Crippen molar-refractivity contribution in [3.8, 4) is 11.5 Å². The van der Waals surface area contributed by atoms with Crippen LogP contribution in [0.4, 0.5) is 10.1 Å². The van der Waals surface area contributed by atoms with Crippen LogP contribution in [0, 0.1) is 5.82 Å². The van der Waals surface area contributed by atoms with E-state index in [2.05, 4.69) is 5.10 Å². The van der Waals surface area contributed by atoms with E-state index in [1.165, 1.54) is 35.4 Å². The molecule has 0 aliphatic heterocycles. The maximum atomic E-state index is 13.1. The number of para-hydroxylation sites is 1. The fourth-order valence-corrected chi connectivity index (χ4v) is 2.82. The molecule has 0 saturated carbocycles. The lowest BCUT2D eigenvalue weighted by Gasteiger charge is -2.21. The van der Waals surface area contributed by atoms with Crippen LogP contribution in [-0.4, -0.2) is 15.7 Å². The van der Waals surface area contributed by atoms with Crippen LogP contribution in [0.5, 0.6) is 0 Å². The van der Waals surface area contributed by atoms with Gasteiger partial charge in [-0.1, -0.05) is 18.2 Å². The van der Waals surface area contributed by atoms with Crippen LogP contribution in [0.15, 0.2) is 86.6 Å². The Labute approximate surface area is 164 Å². The molecule has 7 nitrogen and oxygen atoms in total. The molecule has 0 atom stereocenters. The van der Waals surface area contributed by atoms with Gasteiger partial charge in [0.05, 0.1) is 12.8 Å². The van der Waals surface area contributed by atoms with Crippen molar-refractivity contribution in [1.82, 2.24) is 9.78 Å². The molecule has 0 radical (unpaired) electrons. The number of anilines is 1. The van der Waals surface area contributed by atoms with Crippen molar-refractivity contribution in [3.05, 3.63) is 95.1 Å². The number of halogens is 1. The second-order valence-electron chi connectivity index (χ2n) is 6.23. The topological polar surface area (TPSA) is 81.5 Å². The third kappa shape index (κ3) is 4.16. The molecule has 0 aliphatic rings. The SMILES string of the molecule is O=C(Cn1nc(-c2ccc(F)cc2)oc1=O)N(Cc1ccco1)c1ccccc1. The van der Waals surface area contributed by atoms with E-state index in [0.717, 1.165) is 4.68 Å². The van der Waals surface area contributed by atoms with Crippen molar-refractivity contribution in [3.63, 3.8) is 0 Å². The van der Waals surface area contributed by atoms with Gasteiger partial charge in [-0.2, -0.15) is 4.68 Å². The van der Waals surface area contributed by atoms with Gasteiger partial charge in [0.2, 0.25) is 11.8 Å². The predicted octanol–water partition coefficient (Wildman–Crippen LogP) is 3.47. The number of amides is 1. The van der Waals surface area contributed by atoms with Crippen molar-refractivity contribution in [2.75, 3.05) is 4.90 Å². The molecule has 0 fully saturated rings. The normalized spacial score (nSPS) is 10.8. The Balaban J connectivity index is 1.59. The van der Waals surface area contributed by atoms with Gasteiger partial charge in [0, 0.05) is 11.3 Å². The Morgan fingerprint density at radius 3 is 2.48 bits per heavy atom. The van der Waals surface area contributed by atoms with Gasteiger partial charge in [-0.15, -0.1) is 5.10 Å². The smallest absolute Gasteiger partial charge is 0.437 e. The lowest BCUT2D eigenvalue weighted by Crippen LogP contribution is -2.35. The number of furan rings is 1. The van der Waals surface area contributed by atoms with Crippen LogP contribution in [0.1, 0.15) is 5.76 Å². The summed E-state index contributed by atoms with van der Waals surface area (Å²) in [6, 6.07) is 17.9. The molecule has 2 heterocycles. The van der Waals surface area contributed by atoms with Gasteiger partial charge in [-0.05, 0) is 48.5 Å². The molecular weight excluding hydrogens is 377 g/mol. The third-order valence-electron chi connectivity index (χ3n) is 4.25. The first-order valence-electron chi connectivity index (χ1n) is 8.82. The van der Waals surface area contributed by atoms with E-state index in [9.17, 15) is 14.0 Å². The van der Waals surface area contributed by atoms with Gasteiger partial charge in [0.15, 0.2) is 0 Å². The number of hydrogen-bond donors (Lipinski definition) is 0. The largest absolute Gasteiger partial charge is 0.467 e. The number of aromatic nitrogens is 2. The first kappa shape index (κ1) is 18.4. The number of carbonyl (C=O) groups is 1. The molecular formula is C21H16FN3O4. The molecule has 8 heteroatoms. The summed E-state index contributed by atoms with van der Waals surface area (Å²) in [5.74, 6) is -0.943. The van der Waals surface area contributed by atoms with E-state index in [1.54, 1.807) is 24.3 Å². The van der Waals surface area contributed by atoms with E-state index in [-0.39, 0.29) is 24.9 Å². The highest BCUT2D eigenvalue weighted by atomic mass is 19.1. The van der Waals surface area contributed by atoms with Crippen LogP contribution in [-0.2, 0) is 17.9 Å². The number of rotatable bonds is 6. The summed E-state index contributed by atoms with van der Waals surface area (Å²) < 4.78 is 24.5. The Bertz CT molecular complexity index is 1150. The molecule has 0 unspecified atom stereocenters. The average molecular weight is 393 g/mol. The molecule has 146 valence electrons. The lowest BCUT2D eigenvalue weighted by atomic mass is 10.2. The van der Waals surface area contributed by atoms with Crippen molar-refractivity contribution >= 4 is 11.6 Å². The quantitative estimate of drug-likeness (QED) is 0.501. The summed E-state index contributed by atoms with van der Waals surface area (Å²) in [7, 11) is 0. The zero-order valence-corrected chi connectivity index (χ0v) is 15.2. The lowest BCUT2D eigenvalue weighted by molar-refractivity contribution is -0.119. The van der Waals surface area contributed by atoms with E-state index in [0.29, 0.717) is 17.0 Å². The van der Waals surface area contributed by atoms with Gasteiger partial charge in [-0.25, -0.2) is 9.18 Å². The molecule has 0 N–H and O–H groups in total. The van der Waals surface area contributed by atoms with Crippen molar-refractivity contribution in [2.45, 2.75) is 13.1 Å². The zero-order chi connectivity index (χ0) is 20.2. The van der Waals surface area contributed by atoms with E-state index in [1.807, 2.05) is 18.2 Å². The monoisotopic (exact) mass is 393 g/mol. The fourth-order valence-electron chi connectivity index (χ4n) is 2.82. The van der Waals surface area contributed by atoms with E-state index < -0.39 is 11.6 Å². The second-order valence-corrected chi connectivity index (χ2v) is 6.23. The second kappa shape index (κ2) is 7.97. The third-order valence-corrected chi connectivity index (χ3v) is 4.25. The van der Waals surface area contributed by atoms with Gasteiger partial charge < -0.3 is 13.7 Å². The molecule has 0 aliphatic carbocycles. The van der Waals surface area contributed by atoms with Crippen molar-refractivity contribution in [1.29, 1.82) is 0 Å². The Hall–Kier alpha value is -3.94. The van der Waals surface area contributed by atoms with Crippen LogP contribution in [0.25, 0.3) is 11.5 Å². The van der Waals surface area contributed by atoms with Gasteiger partial charge in [0.1, 0.15) is 18.1 Å². The standard InChI is InChI=1S/C21H16FN3O4/c22-16-10-8-15(9-11-16)20-23-25(21(27)29-20)14-19(26)24(13-18-7-4-12-28-18)17-5-2-1-3-6-17/h1-12H,13-14H2. The molecule has 4 rings (SSSR count). The molecule has 2 aromatic carbocycles. The molecule has 1 amide bonds. The van der Waals surface area contributed by atoms with Gasteiger partial charge in [0.25, 0.3) is 0 Å². The van der Waals surface area contributed by atoms with Crippen molar-refractivity contribution in [2.24, 2.45) is 0 Å². The van der Waals surface area contributed by atoms with Crippen LogP contribution < -0.4 is 10.7 Å². The Morgan fingerprint density at radius 2 is 1.79 bits per heavy atom. The van der Waals surface area contributed by atoms with Gasteiger partial charge >= 0.3 is 5.76 Å². The summed E-state index contributed by atoms with van der Waals surface area (Å²) in [6.45, 7) is -0.119. The van der Waals surface area contributed by atoms with Crippen LogP contribution in [0.3, 0.4) is 0 Å². The highest BCUT2D eigenvalue weighted by Gasteiger charge is 2.21. The first-order valence-corrected chi connectivity index (χ1v) is 8.82. The van der Waals surface area contributed by atoms with E-state index in [4.69, 9.17) is 8.83 Å². The number of carbonyl (C=O) groups excluding carboxylic acids is 1. The predicted molar refractivity (Wildman–Crippen MR) is 102 cm³/mol. The fraction of sp³-hybridized carbons (Fsp3) is 0.0952. The Kier molecular flexibility index (Phi) is 5.07. The minimum Gasteiger partial charge on any atom is -0.467 e. The summed E-state index contributed by atoms with van der Waals surface area (Å²) in [5, 5.41) is 4.07. The summed E-state index contributed by atoms with van der Waals surface area (Å²) in [6.07, 6.45) is 1.53. The summed E-state index contributed by atoms with van der Waals surface area (Å²) >= 11 is 0. The van der Waals surface area contributed by atoms with Crippen LogP contribution in [0.2, 0.25) is 0 Å². The van der Waals surface area contributed by atoms with E-state index >= 15 is 0 Å². The average Bonchev–Trinajstić information content (AvgIpc) is 3.37. The molecule has 0 spiro atoms.